The molecule has 1 saturated heterocycles. The second-order valence-corrected chi connectivity index (χ2v) is 9.24. The van der Waals surface area contributed by atoms with Gasteiger partial charge in [0, 0.05) is 11.3 Å². The van der Waals surface area contributed by atoms with Crippen LogP contribution in [0.15, 0.2) is 78.4 Å². The van der Waals surface area contributed by atoms with Crippen molar-refractivity contribution in [1.29, 1.82) is 0 Å². The number of carbonyl (C=O) groups excluding carboxylic acids is 2. The molecule has 5 heteroatoms. The molecule has 0 radical (unpaired) electrons. The Labute approximate surface area is 199 Å². The van der Waals surface area contributed by atoms with E-state index in [1.807, 2.05) is 48.5 Å². The Balaban J connectivity index is 1.89. The topological polar surface area (TPSA) is 57.6 Å². The third kappa shape index (κ3) is 4.26. The summed E-state index contributed by atoms with van der Waals surface area (Å²) in [6.07, 6.45) is 0. The maximum Gasteiger partial charge on any atom is 0.300 e. The van der Waals surface area contributed by atoms with Crippen molar-refractivity contribution in [3.05, 3.63) is 106 Å². The Bertz CT molecular complexity index is 1240. The minimum atomic E-state index is -0.809. The first-order chi connectivity index (χ1) is 16.2. The Hall–Kier alpha value is -3.73. The highest BCUT2D eigenvalue weighted by Gasteiger charge is 2.47. The summed E-state index contributed by atoms with van der Waals surface area (Å²) in [6.45, 7) is 8.35. The highest BCUT2D eigenvalue weighted by atomic mass is 19.1. The Morgan fingerprint density at radius 1 is 0.794 bits per heavy atom. The maximum absolute atomic E-state index is 13.5. The van der Waals surface area contributed by atoms with Crippen molar-refractivity contribution >= 4 is 23.1 Å². The smallest absolute Gasteiger partial charge is 0.300 e. The van der Waals surface area contributed by atoms with Crippen molar-refractivity contribution in [1.82, 2.24) is 0 Å². The molecule has 0 saturated carbocycles. The van der Waals surface area contributed by atoms with Gasteiger partial charge in [0.05, 0.1) is 11.6 Å². The Morgan fingerprint density at radius 3 is 1.79 bits per heavy atom. The number of benzene rings is 3. The molecule has 3 aromatic rings. The molecule has 0 aromatic heterocycles. The van der Waals surface area contributed by atoms with E-state index in [-0.39, 0.29) is 16.9 Å². The number of aliphatic hydroxyl groups is 1. The van der Waals surface area contributed by atoms with Gasteiger partial charge < -0.3 is 5.11 Å². The van der Waals surface area contributed by atoms with Gasteiger partial charge in [-0.1, -0.05) is 64.1 Å². The van der Waals surface area contributed by atoms with E-state index in [1.165, 1.54) is 29.2 Å². The first kappa shape index (κ1) is 23.4. The molecular formula is C29H28FNO3. The van der Waals surface area contributed by atoms with Crippen LogP contribution in [0.5, 0.6) is 0 Å². The summed E-state index contributed by atoms with van der Waals surface area (Å²) in [4.78, 5) is 27.9. The number of rotatable bonds is 5. The summed E-state index contributed by atoms with van der Waals surface area (Å²) in [5.74, 6) is -1.61. The summed E-state index contributed by atoms with van der Waals surface area (Å²) in [7, 11) is 0. The molecule has 0 bridgehead atoms. The second-order valence-electron chi connectivity index (χ2n) is 9.24. The van der Waals surface area contributed by atoms with E-state index in [0.29, 0.717) is 23.1 Å². The van der Waals surface area contributed by atoms with Crippen LogP contribution in [0.4, 0.5) is 10.1 Å². The van der Waals surface area contributed by atoms with Gasteiger partial charge in [-0.05, 0) is 64.9 Å². The highest BCUT2D eigenvalue weighted by molar-refractivity contribution is 6.51. The molecule has 4 rings (SSSR count). The molecule has 1 fully saturated rings. The molecule has 1 aliphatic rings. The van der Waals surface area contributed by atoms with Crippen LogP contribution in [-0.2, 0) is 9.59 Å². The lowest BCUT2D eigenvalue weighted by atomic mass is 9.93. The van der Waals surface area contributed by atoms with E-state index in [1.54, 1.807) is 0 Å². The lowest BCUT2D eigenvalue weighted by Crippen LogP contribution is -2.29. The van der Waals surface area contributed by atoms with Gasteiger partial charge >= 0.3 is 0 Å². The zero-order valence-corrected chi connectivity index (χ0v) is 19.7. The summed E-state index contributed by atoms with van der Waals surface area (Å²) in [5, 5.41) is 11.1. The average Bonchev–Trinajstić information content (AvgIpc) is 3.09. The van der Waals surface area contributed by atoms with E-state index in [0.717, 1.165) is 11.1 Å². The number of carbonyl (C=O) groups is 2. The molecule has 3 aromatic carbocycles. The van der Waals surface area contributed by atoms with Crippen molar-refractivity contribution < 1.29 is 19.1 Å². The number of hydrogen-bond donors (Lipinski definition) is 1. The molecule has 1 heterocycles. The molecule has 1 N–H and O–H groups in total. The number of ketones is 1. The summed E-state index contributed by atoms with van der Waals surface area (Å²) < 4.78 is 13.5. The van der Waals surface area contributed by atoms with E-state index < -0.39 is 23.5 Å². The molecule has 34 heavy (non-hydrogen) atoms. The zero-order valence-electron chi connectivity index (χ0n) is 19.7. The van der Waals surface area contributed by atoms with E-state index in [9.17, 15) is 19.1 Å². The standard InChI is InChI=1S/C29H28FNO3/c1-17(2)19-5-7-21(8-6-19)26-25(27(32)22-9-13-23(30)14-10-22)28(33)29(34)31(26)24-15-11-20(12-16-24)18(3)4/h5-18,26,32H,1-4H3/b27-25-. The van der Waals surface area contributed by atoms with Crippen LogP contribution in [0.2, 0.25) is 0 Å². The fourth-order valence-electron chi connectivity index (χ4n) is 4.26. The first-order valence-corrected chi connectivity index (χ1v) is 11.5. The van der Waals surface area contributed by atoms with Crippen molar-refractivity contribution in [2.75, 3.05) is 4.90 Å². The predicted molar refractivity (Wildman–Crippen MR) is 132 cm³/mol. The third-order valence-corrected chi connectivity index (χ3v) is 6.32. The van der Waals surface area contributed by atoms with Gasteiger partial charge in [0.15, 0.2) is 0 Å². The minimum Gasteiger partial charge on any atom is -0.507 e. The van der Waals surface area contributed by atoms with Crippen LogP contribution in [-0.4, -0.2) is 16.8 Å². The van der Waals surface area contributed by atoms with Crippen molar-refractivity contribution in [3.8, 4) is 0 Å². The van der Waals surface area contributed by atoms with Crippen LogP contribution in [0.3, 0.4) is 0 Å². The quantitative estimate of drug-likeness (QED) is 0.263. The van der Waals surface area contributed by atoms with Gasteiger partial charge in [-0.2, -0.15) is 0 Å². The fraction of sp³-hybridized carbons (Fsp3) is 0.241. The number of amides is 1. The molecule has 1 atom stereocenters. The summed E-state index contributed by atoms with van der Waals surface area (Å²) >= 11 is 0. The molecule has 1 unspecified atom stereocenters. The van der Waals surface area contributed by atoms with Crippen LogP contribution in [0.25, 0.3) is 5.76 Å². The average molecular weight is 458 g/mol. The Morgan fingerprint density at radius 2 is 1.29 bits per heavy atom. The van der Waals surface area contributed by atoms with Crippen LogP contribution < -0.4 is 4.90 Å². The van der Waals surface area contributed by atoms with Gasteiger partial charge in [0.1, 0.15) is 11.6 Å². The van der Waals surface area contributed by atoms with Crippen LogP contribution in [0.1, 0.15) is 67.8 Å². The number of nitrogens with zero attached hydrogens (tertiary/aromatic N) is 1. The SMILES string of the molecule is CC(C)c1ccc(C2/C(=C(/O)c3ccc(F)cc3)C(=O)C(=O)N2c2ccc(C(C)C)cc2)cc1. The largest absolute Gasteiger partial charge is 0.507 e. The minimum absolute atomic E-state index is 0.0122. The summed E-state index contributed by atoms with van der Waals surface area (Å²) in [6, 6.07) is 19.7. The third-order valence-electron chi connectivity index (χ3n) is 6.32. The van der Waals surface area contributed by atoms with Crippen molar-refractivity contribution in [2.24, 2.45) is 0 Å². The maximum atomic E-state index is 13.5. The zero-order chi connectivity index (χ0) is 24.6. The van der Waals surface area contributed by atoms with Crippen LogP contribution in [0, 0.1) is 5.82 Å². The molecule has 1 aliphatic heterocycles. The molecule has 1 amide bonds. The van der Waals surface area contributed by atoms with E-state index >= 15 is 0 Å². The first-order valence-electron chi connectivity index (χ1n) is 11.5. The summed E-state index contributed by atoms with van der Waals surface area (Å²) in [5.41, 5.74) is 3.79. The van der Waals surface area contributed by atoms with Crippen molar-refractivity contribution in [3.63, 3.8) is 0 Å². The normalized spacial score (nSPS) is 17.7. The van der Waals surface area contributed by atoms with Crippen molar-refractivity contribution in [2.45, 2.75) is 45.6 Å². The lowest BCUT2D eigenvalue weighted by Gasteiger charge is -2.26. The number of Topliss-reactive ketones (excluding diaryl/α,β-unsaturated/α-hetero) is 1. The molecule has 174 valence electrons. The fourth-order valence-corrected chi connectivity index (χ4v) is 4.26. The number of hydrogen-bond acceptors (Lipinski definition) is 3. The predicted octanol–water partition coefficient (Wildman–Crippen LogP) is 6.70. The van der Waals surface area contributed by atoms with Gasteiger partial charge in [-0.3, -0.25) is 14.5 Å². The van der Waals surface area contributed by atoms with Gasteiger partial charge in [0.2, 0.25) is 0 Å². The molecule has 0 aliphatic carbocycles. The van der Waals surface area contributed by atoms with Gasteiger partial charge in [-0.15, -0.1) is 0 Å². The highest BCUT2D eigenvalue weighted by Crippen LogP contribution is 2.42. The van der Waals surface area contributed by atoms with E-state index in [4.69, 9.17) is 0 Å². The number of aliphatic hydroxyl groups excluding tert-OH is 1. The van der Waals surface area contributed by atoms with Crippen LogP contribution >= 0.6 is 0 Å². The second kappa shape index (κ2) is 9.26. The Kier molecular flexibility index (Phi) is 6.38. The lowest BCUT2D eigenvalue weighted by molar-refractivity contribution is -0.132. The van der Waals surface area contributed by atoms with Gasteiger partial charge in [-0.25, -0.2) is 4.39 Å². The van der Waals surface area contributed by atoms with Gasteiger partial charge in [0.25, 0.3) is 11.7 Å². The van der Waals surface area contributed by atoms with E-state index in [2.05, 4.69) is 27.7 Å². The monoisotopic (exact) mass is 457 g/mol. The number of halogens is 1. The number of anilines is 1. The molecule has 0 spiro atoms. The molecule has 4 nitrogen and oxygen atoms in total. The molecular weight excluding hydrogens is 429 g/mol.